The first-order valence-corrected chi connectivity index (χ1v) is 10.4. The van der Waals surface area contributed by atoms with Gasteiger partial charge in [-0.2, -0.15) is 9.97 Å². The highest BCUT2D eigenvalue weighted by Gasteiger charge is 2.52. The van der Waals surface area contributed by atoms with E-state index in [4.69, 9.17) is 0 Å². The Balaban J connectivity index is 1.39. The number of hydrogen-bond acceptors (Lipinski definition) is 8. The second-order valence-corrected chi connectivity index (χ2v) is 8.30. The Bertz CT molecular complexity index is 1050. The van der Waals surface area contributed by atoms with Crippen LogP contribution in [0.25, 0.3) is 0 Å². The topological polar surface area (TPSA) is 99.1 Å². The van der Waals surface area contributed by atoms with E-state index in [1.54, 1.807) is 30.7 Å². The number of nitrogens with one attached hydrogen (secondary N) is 2. The van der Waals surface area contributed by atoms with E-state index in [0.29, 0.717) is 36.6 Å². The van der Waals surface area contributed by atoms with Crippen molar-refractivity contribution in [3.8, 4) is 0 Å². The van der Waals surface area contributed by atoms with Crippen molar-refractivity contribution in [2.75, 3.05) is 28.6 Å². The first-order chi connectivity index (χ1) is 15.0. The molecule has 3 aromatic rings. The highest BCUT2D eigenvalue weighted by atomic mass is 19.1. The molecule has 160 valence electrons. The number of hydrogen-bond donors (Lipinski definition) is 3. The molecule has 1 saturated carbocycles. The lowest BCUT2D eigenvalue weighted by Gasteiger charge is -2.47. The van der Waals surface area contributed by atoms with Gasteiger partial charge in [-0.1, -0.05) is 12.1 Å². The van der Waals surface area contributed by atoms with Crippen LogP contribution in [0.1, 0.15) is 31.4 Å². The van der Waals surface area contributed by atoms with Crippen molar-refractivity contribution in [2.45, 2.75) is 31.4 Å². The molecule has 5 rings (SSSR count). The van der Waals surface area contributed by atoms with Crippen molar-refractivity contribution in [3.05, 3.63) is 60.3 Å². The normalized spacial score (nSPS) is 18.2. The molecule has 0 radical (unpaired) electrons. The van der Waals surface area contributed by atoms with E-state index in [-0.39, 0.29) is 11.9 Å². The fraction of sp³-hybridized carbons (Fsp3) is 0.364. The lowest BCUT2D eigenvalue weighted by molar-refractivity contribution is -0.00973. The number of anilines is 4. The Labute approximate surface area is 179 Å². The Kier molecular flexibility index (Phi) is 4.90. The molecule has 2 aromatic heterocycles. The van der Waals surface area contributed by atoms with Crippen LogP contribution in [0.15, 0.2) is 48.9 Å². The molecule has 1 saturated heterocycles. The highest BCUT2D eigenvalue weighted by molar-refractivity contribution is 5.60. The summed E-state index contributed by atoms with van der Waals surface area (Å²) >= 11 is 0. The Morgan fingerprint density at radius 2 is 1.90 bits per heavy atom. The van der Waals surface area contributed by atoms with Crippen LogP contribution in [0.3, 0.4) is 0 Å². The maximum absolute atomic E-state index is 13.3. The second-order valence-electron chi connectivity index (χ2n) is 8.30. The number of aromatic nitrogens is 4. The van der Waals surface area contributed by atoms with E-state index >= 15 is 0 Å². The Hall–Kier alpha value is -3.33. The SMILES string of the molecule is CC(Nc1nc(Nc2cnccn2)cc(N2CC(O)(C3CC3)C2)n1)c1ccc(F)cc1. The van der Waals surface area contributed by atoms with Gasteiger partial charge in [-0.3, -0.25) is 4.98 Å². The van der Waals surface area contributed by atoms with Gasteiger partial charge in [-0.25, -0.2) is 9.37 Å². The van der Waals surface area contributed by atoms with Crippen LogP contribution in [0.2, 0.25) is 0 Å². The fourth-order valence-electron chi connectivity index (χ4n) is 3.90. The monoisotopic (exact) mass is 421 g/mol. The maximum Gasteiger partial charge on any atom is 0.227 e. The third kappa shape index (κ3) is 4.27. The van der Waals surface area contributed by atoms with E-state index in [9.17, 15) is 9.50 Å². The molecule has 3 heterocycles. The molecule has 9 heteroatoms. The Morgan fingerprint density at radius 3 is 2.58 bits per heavy atom. The molecule has 0 spiro atoms. The molecule has 2 fully saturated rings. The molecule has 1 unspecified atom stereocenters. The summed E-state index contributed by atoms with van der Waals surface area (Å²) in [7, 11) is 0. The molecule has 1 atom stereocenters. The van der Waals surface area contributed by atoms with Gasteiger partial charge in [-0.05, 0) is 43.4 Å². The quantitative estimate of drug-likeness (QED) is 0.535. The summed E-state index contributed by atoms with van der Waals surface area (Å²) in [5.74, 6) is 2.43. The lowest BCUT2D eigenvalue weighted by atomic mass is 9.89. The number of rotatable bonds is 7. The van der Waals surface area contributed by atoms with Crippen molar-refractivity contribution in [3.63, 3.8) is 0 Å². The van der Waals surface area contributed by atoms with Gasteiger partial charge in [0, 0.05) is 18.5 Å². The highest BCUT2D eigenvalue weighted by Crippen LogP contribution is 2.45. The molecule has 1 aromatic carbocycles. The molecule has 1 aliphatic carbocycles. The van der Waals surface area contributed by atoms with E-state index in [0.717, 1.165) is 24.2 Å². The van der Waals surface area contributed by atoms with Crippen molar-refractivity contribution >= 4 is 23.4 Å². The van der Waals surface area contributed by atoms with Crippen LogP contribution in [-0.4, -0.2) is 43.7 Å². The van der Waals surface area contributed by atoms with E-state index < -0.39 is 5.60 Å². The lowest BCUT2D eigenvalue weighted by Crippen LogP contribution is -2.63. The zero-order valence-corrected chi connectivity index (χ0v) is 17.2. The molecular weight excluding hydrogens is 397 g/mol. The van der Waals surface area contributed by atoms with E-state index in [1.807, 2.05) is 13.0 Å². The van der Waals surface area contributed by atoms with Crippen molar-refractivity contribution < 1.29 is 9.50 Å². The minimum Gasteiger partial charge on any atom is -0.386 e. The van der Waals surface area contributed by atoms with Gasteiger partial charge in [0.1, 0.15) is 28.9 Å². The third-order valence-electron chi connectivity index (χ3n) is 5.84. The molecule has 31 heavy (non-hydrogen) atoms. The number of β-amino-alcohol motifs (C(OH)–C–C–N with tert-alkyl or cyclic N) is 1. The van der Waals surface area contributed by atoms with Crippen molar-refractivity contribution in [1.29, 1.82) is 0 Å². The van der Waals surface area contributed by atoms with Crippen LogP contribution in [0.4, 0.5) is 27.8 Å². The predicted molar refractivity (Wildman–Crippen MR) is 116 cm³/mol. The maximum atomic E-state index is 13.3. The van der Waals surface area contributed by atoms with Crippen molar-refractivity contribution in [1.82, 2.24) is 19.9 Å². The van der Waals surface area contributed by atoms with Gasteiger partial charge in [0.2, 0.25) is 5.95 Å². The summed E-state index contributed by atoms with van der Waals surface area (Å²) in [5.41, 5.74) is 0.309. The second kappa shape index (κ2) is 7.73. The van der Waals surface area contributed by atoms with Crippen LogP contribution >= 0.6 is 0 Å². The average molecular weight is 421 g/mol. The fourth-order valence-corrected chi connectivity index (χ4v) is 3.90. The van der Waals surface area contributed by atoms with Crippen LogP contribution in [-0.2, 0) is 0 Å². The summed E-state index contributed by atoms with van der Waals surface area (Å²) in [6, 6.07) is 8.06. The van der Waals surface area contributed by atoms with Crippen molar-refractivity contribution in [2.24, 2.45) is 5.92 Å². The van der Waals surface area contributed by atoms with Gasteiger partial charge in [0.05, 0.1) is 25.3 Å². The molecule has 8 nitrogen and oxygen atoms in total. The molecule has 2 aliphatic rings. The third-order valence-corrected chi connectivity index (χ3v) is 5.84. The minimum atomic E-state index is -0.613. The molecule has 0 bridgehead atoms. The predicted octanol–water partition coefficient (Wildman–Crippen LogP) is 3.28. The van der Waals surface area contributed by atoms with E-state index in [2.05, 4.69) is 35.5 Å². The summed E-state index contributed by atoms with van der Waals surface area (Å²) in [6.07, 6.45) is 7.01. The number of halogens is 1. The molecule has 3 N–H and O–H groups in total. The summed E-state index contributed by atoms with van der Waals surface area (Å²) < 4.78 is 13.3. The molecule has 0 amide bonds. The zero-order valence-electron chi connectivity index (χ0n) is 17.2. The first kappa shape index (κ1) is 19.6. The van der Waals surface area contributed by atoms with Crippen LogP contribution in [0.5, 0.6) is 0 Å². The van der Waals surface area contributed by atoms with Crippen LogP contribution < -0.4 is 15.5 Å². The van der Waals surface area contributed by atoms with E-state index in [1.165, 1.54) is 12.1 Å². The van der Waals surface area contributed by atoms with Gasteiger partial charge < -0.3 is 20.6 Å². The first-order valence-electron chi connectivity index (χ1n) is 10.4. The van der Waals surface area contributed by atoms with Gasteiger partial charge >= 0.3 is 0 Å². The summed E-state index contributed by atoms with van der Waals surface area (Å²) in [6.45, 7) is 3.09. The van der Waals surface area contributed by atoms with Crippen LogP contribution in [0, 0.1) is 11.7 Å². The standard InChI is InChI=1S/C22H24FN7O/c1-14(15-2-6-17(23)7-3-15)26-21-28-18(27-19-11-24-8-9-25-19)10-20(29-21)30-12-22(31,13-30)16-4-5-16/h2-3,6-11,14,16,31H,4-5,12-13H2,1H3,(H2,25,26,27,28,29). The minimum absolute atomic E-state index is 0.125. The number of benzene rings is 1. The molecule has 1 aliphatic heterocycles. The number of nitrogens with zero attached hydrogens (tertiary/aromatic N) is 5. The van der Waals surface area contributed by atoms with Gasteiger partial charge in [-0.15, -0.1) is 0 Å². The van der Waals surface area contributed by atoms with Gasteiger partial charge in [0.25, 0.3) is 0 Å². The smallest absolute Gasteiger partial charge is 0.227 e. The average Bonchev–Trinajstić information content (AvgIpc) is 3.58. The van der Waals surface area contributed by atoms with Gasteiger partial charge in [0.15, 0.2) is 0 Å². The summed E-state index contributed by atoms with van der Waals surface area (Å²) in [4.78, 5) is 19.6. The zero-order chi connectivity index (χ0) is 21.4. The molecular formula is C22H24FN7O. The summed E-state index contributed by atoms with van der Waals surface area (Å²) in [5, 5.41) is 17.2. The largest absolute Gasteiger partial charge is 0.386 e. The Morgan fingerprint density at radius 1 is 1.13 bits per heavy atom. The number of aliphatic hydroxyl groups is 1.